The van der Waals surface area contributed by atoms with Gasteiger partial charge in [-0.1, -0.05) is 221 Å². The summed E-state index contributed by atoms with van der Waals surface area (Å²) in [5, 5.41) is 30.8. The fourth-order valence-electron chi connectivity index (χ4n) is 8.61. The monoisotopic (exact) mass is 1060 g/mol. The molecule has 0 aliphatic carbocycles. The van der Waals surface area contributed by atoms with Crippen LogP contribution >= 0.6 is 0 Å². The third kappa shape index (κ3) is 43.4. The lowest BCUT2D eigenvalue weighted by Crippen LogP contribution is -2.60. The molecule has 12 nitrogen and oxygen atoms in total. The van der Waals surface area contributed by atoms with Crippen LogP contribution in [-0.4, -0.2) is 97.5 Å². The van der Waals surface area contributed by atoms with Crippen molar-refractivity contribution in [1.82, 2.24) is 0 Å². The normalized spacial score (nSPS) is 19.4. The van der Waals surface area contributed by atoms with Gasteiger partial charge in [0.05, 0.1) is 19.8 Å². The fourth-order valence-corrected chi connectivity index (χ4v) is 9.12. The summed E-state index contributed by atoms with van der Waals surface area (Å²) >= 11 is 0. The van der Waals surface area contributed by atoms with Crippen molar-refractivity contribution in [3.05, 3.63) is 85.1 Å². The number of unbranched alkanes of at least 4 members (excludes halogenated alkanes) is 24. The maximum Gasteiger partial charge on any atom is 0.397 e. The first-order valence-electron chi connectivity index (χ1n) is 29.3. The van der Waals surface area contributed by atoms with Crippen molar-refractivity contribution in [3.8, 4) is 0 Å². The van der Waals surface area contributed by atoms with E-state index in [1.54, 1.807) is 0 Å². The highest BCUT2D eigenvalue weighted by atomic mass is 32.3. The molecule has 6 atom stereocenters. The molecule has 1 heterocycles. The Kier molecular flexibility index (Phi) is 47.8. The zero-order valence-electron chi connectivity index (χ0n) is 46.4. The number of allylic oxidation sites excluding steroid dienone is 14. The van der Waals surface area contributed by atoms with Crippen LogP contribution in [0.4, 0.5) is 0 Å². The quantitative estimate of drug-likeness (QED) is 0.0196. The molecule has 0 amide bonds. The van der Waals surface area contributed by atoms with Crippen LogP contribution in [0.2, 0.25) is 0 Å². The third-order valence-electron chi connectivity index (χ3n) is 13.0. The molecule has 1 fully saturated rings. The van der Waals surface area contributed by atoms with Gasteiger partial charge in [0.2, 0.25) is 0 Å². The van der Waals surface area contributed by atoms with Gasteiger partial charge in [0.1, 0.15) is 30.5 Å². The summed E-state index contributed by atoms with van der Waals surface area (Å²) in [6.45, 7) is 3.84. The average molecular weight is 1060 g/mol. The van der Waals surface area contributed by atoms with Crippen LogP contribution in [0.3, 0.4) is 0 Å². The summed E-state index contributed by atoms with van der Waals surface area (Å²) < 4.78 is 59.4. The van der Waals surface area contributed by atoms with E-state index in [9.17, 15) is 33.1 Å². The summed E-state index contributed by atoms with van der Waals surface area (Å²) in [4.78, 5) is 12.9. The maximum atomic E-state index is 12.9. The molecular formula is C61H106O12S. The number of hydrogen-bond acceptors (Lipinski definition) is 11. The van der Waals surface area contributed by atoms with Crippen LogP contribution in [0.1, 0.15) is 232 Å². The Bertz CT molecular complexity index is 1600. The van der Waals surface area contributed by atoms with E-state index in [4.69, 9.17) is 18.9 Å². The van der Waals surface area contributed by atoms with Gasteiger partial charge >= 0.3 is 16.4 Å². The van der Waals surface area contributed by atoms with E-state index in [0.29, 0.717) is 13.0 Å². The predicted molar refractivity (Wildman–Crippen MR) is 303 cm³/mol. The number of carbonyl (C=O) groups excluding carboxylic acids is 1. The van der Waals surface area contributed by atoms with Crippen molar-refractivity contribution >= 4 is 16.4 Å². The lowest BCUT2D eigenvalue weighted by Gasteiger charge is -2.41. The molecule has 0 aromatic heterocycles. The second-order valence-corrected chi connectivity index (χ2v) is 20.9. The minimum absolute atomic E-state index is 0.0148. The van der Waals surface area contributed by atoms with E-state index in [1.807, 2.05) is 0 Å². The maximum absolute atomic E-state index is 12.9. The SMILES string of the molecule is CC/C=C\C/C=C\C/C=C\C/C=C\C/C=C\C/C=C\CCCCC(=O)OC(COCCCCCCCCCCCCCCCC/C=C\CCCCCCCCCC)COC1OC(CO)C(O)C(OS(=O)(=O)O)C1O. The molecule has 0 spiro atoms. The molecule has 74 heavy (non-hydrogen) atoms. The Morgan fingerprint density at radius 2 is 0.932 bits per heavy atom. The lowest BCUT2D eigenvalue weighted by molar-refractivity contribution is -0.301. The number of ether oxygens (including phenoxy) is 4. The number of aliphatic hydroxyl groups excluding tert-OH is 3. The van der Waals surface area contributed by atoms with Gasteiger partial charge in [-0.3, -0.25) is 9.35 Å². The van der Waals surface area contributed by atoms with Crippen LogP contribution < -0.4 is 0 Å². The summed E-state index contributed by atoms with van der Waals surface area (Å²) in [6.07, 6.45) is 60.6. The molecule has 0 saturated carbocycles. The molecule has 0 aromatic carbocycles. The fraction of sp³-hybridized carbons (Fsp3) is 0.754. The van der Waals surface area contributed by atoms with Gasteiger partial charge in [0.25, 0.3) is 0 Å². The van der Waals surface area contributed by atoms with Crippen molar-refractivity contribution in [2.45, 2.75) is 269 Å². The zero-order valence-corrected chi connectivity index (χ0v) is 47.2. The molecule has 1 rings (SSSR count). The van der Waals surface area contributed by atoms with Gasteiger partial charge in [-0.05, 0) is 89.9 Å². The van der Waals surface area contributed by atoms with E-state index >= 15 is 0 Å². The van der Waals surface area contributed by atoms with Crippen LogP contribution in [0.15, 0.2) is 85.1 Å². The van der Waals surface area contributed by atoms with Gasteiger partial charge in [-0.25, -0.2) is 4.18 Å². The highest BCUT2D eigenvalue weighted by Gasteiger charge is 2.48. The molecule has 0 radical (unpaired) electrons. The Labute approximate surface area is 451 Å². The van der Waals surface area contributed by atoms with E-state index in [1.165, 1.54) is 135 Å². The number of carbonyl (C=O) groups is 1. The van der Waals surface area contributed by atoms with Gasteiger partial charge < -0.3 is 34.3 Å². The Hall–Kier alpha value is -2.72. The first-order chi connectivity index (χ1) is 36.1. The topological polar surface area (TPSA) is 178 Å². The van der Waals surface area contributed by atoms with Gasteiger partial charge in [0.15, 0.2) is 6.29 Å². The predicted octanol–water partition coefficient (Wildman–Crippen LogP) is 14.8. The average Bonchev–Trinajstić information content (AvgIpc) is 3.38. The molecule has 428 valence electrons. The van der Waals surface area contributed by atoms with Crippen molar-refractivity contribution < 1.29 is 56.2 Å². The van der Waals surface area contributed by atoms with Crippen LogP contribution in [0.25, 0.3) is 0 Å². The minimum Gasteiger partial charge on any atom is -0.457 e. The van der Waals surface area contributed by atoms with E-state index in [2.05, 4.69) is 103 Å². The van der Waals surface area contributed by atoms with Crippen LogP contribution in [0.5, 0.6) is 0 Å². The zero-order chi connectivity index (χ0) is 53.8. The highest BCUT2D eigenvalue weighted by molar-refractivity contribution is 7.80. The lowest BCUT2D eigenvalue weighted by atomic mass is 9.99. The van der Waals surface area contributed by atoms with Crippen LogP contribution in [0, 0.1) is 0 Å². The molecule has 0 aromatic rings. The second kappa shape index (κ2) is 51.1. The van der Waals surface area contributed by atoms with Crippen LogP contribution in [-0.2, 0) is 38.3 Å². The Morgan fingerprint density at radius 1 is 0.527 bits per heavy atom. The van der Waals surface area contributed by atoms with Crippen molar-refractivity contribution in [2.24, 2.45) is 0 Å². The largest absolute Gasteiger partial charge is 0.457 e. The molecule has 13 heteroatoms. The molecule has 0 bridgehead atoms. The number of aliphatic hydroxyl groups is 3. The van der Waals surface area contributed by atoms with Gasteiger partial charge in [-0.15, -0.1) is 0 Å². The number of esters is 1. The number of hydrogen-bond donors (Lipinski definition) is 4. The smallest absolute Gasteiger partial charge is 0.397 e. The summed E-state index contributed by atoms with van der Waals surface area (Å²) in [7, 11) is -5.08. The van der Waals surface area contributed by atoms with Gasteiger partial charge in [-0.2, -0.15) is 8.42 Å². The van der Waals surface area contributed by atoms with E-state index in [0.717, 1.165) is 70.6 Å². The number of rotatable bonds is 51. The van der Waals surface area contributed by atoms with Crippen molar-refractivity contribution in [2.75, 3.05) is 26.4 Å². The van der Waals surface area contributed by atoms with Crippen molar-refractivity contribution in [1.29, 1.82) is 0 Å². The molecule has 1 aliphatic heterocycles. The van der Waals surface area contributed by atoms with Gasteiger partial charge in [0, 0.05) is 13.0 Å². The molecule has 6 unspecified atom stereocenters. The Morgan fingerprint density at radius 3 is 1.38 bits per heavy atom. The summed E-state index contributed by atoms with van der Waals surface area (Å²) in [6, 6.07) is 0. The van der Waals surface area contributed by atoms with Crippen molar-refractivity contribution in [3.63, 3.8) is 0 Å². The first-order valence-corrected chi connectivity index (χ1v) is 30.7. The third-order valence-corrected chi connectivity index (χ3v) is 13.5. The van der Waals surface area contributed by atoms with E-state index < -0.39 is 59.8 Å². The molecule has 1 saturated heterocycles. The first kappa shape index (κ1) is 69.3. The summed E-state index contributed by atoms with van der Waals surface area (Å²) in [5.41, 5.74) is 0. The second-order valence-electron chi connectivity index (χ2n) is 19.8. The Balaban J connectivity index is 2.32. The highest BCUT2D eigenvalue weighted by Crippen LogP contribution is 2.26. The molecular weight excluding hydrogens is 957 g/mol. The minimum atomic E-state index is -5.08. The molecule has 4 N–H and O–H groups in total. The summed E-state index contributed by atoms with van der Waals surface area (Å²) in [5.74, 6) is -0.440. The molecule has 1 aliphatic rings. The van der Waals surface area contributed by atoms with E-state index in [-0.39, 0.29) is 19.6 Å². The standard InChI is InChI=1S/C61H106O12S/c1-3-5-7-9-11-13-15-17-19-21-23-25-26-27-28-29-31-33-35-37-39-41-43-45-47-49-51-69-53-55(54-70-61-59(65)60(73-74(66,67)68)58(64)56(52-62)72-61)71-57(63)50-48-46-44-42-40-38-36-34-32-30-24-22-20-18-16-14-12-10-8-6-4-2/h6,8,12,14,18,20-21,23-24,30,34,36,40,42,55-56,58-62,64-65H,3-5,7,9-11,13,15-17,19,22,25-29,31-33,35,37-39,41,43-54H2,1-2H3,(H,66,67,68)/b8-6-,14-12-,20-18-,23-21-,30-24-,36-34-,42-40-.